The molecule has 0 saturated carbocycles. The van der Waals surface area contributed by atoms with E-state index in [0.717, 1.165) is 25.9 Å². The van der Waals surface area contributed by atoms with Gasteiger partial charge < -0.3 is 9.84 Å². The Morgan fingerprint density at radius 1 is 1.65 bits per heavy atom. The van der Waals surface area contributed by atoms with Gasteiger partial charge in [0.05, 0.1) is 5.75 Å². The molecule has 1 aromatic heterocycles. The zero-order valence-electron chi connectivity index (χ0n) is 9.63. The first kappa shape index (κ1) is 12.4. The van der Waals surface area contributed by atoms with Crippen LogP contribution in [0.1, 0.15) is 31.2 Å². The van der Waals surface area contributed by atoms with Crippen molar-refractivity contribution in [3.05, 3.63) is 5.82 Å². The molecule has 0 aliphatic carbocycles. The highest BCUT2D eigenvalue weighted by atomic mass is 32.2. The first-order chi connectivity index (χ1) is 8.16. The molecule has 1 unspecified atom stereocenters. The maximum atomic E-state index is 10.5. The summed E-state index contributed by atoms with van der Waals surface area (Å²) in [5.41, 5.74) is 0. The smallest absolute Gasteiger partial charge is 0.313 e. The monoisotopic (exact) mass is 257 g/mol. The van der Waals surface area contributed by atoms with Crippen molar-refractivity contribution in [2.45, 2.75) is 30.5 Å². The van der Waals surface area contributed by atoms with Gasteiger partial charge in [-0.3, -0.25) is 4.79 Å². The molecule has 94 valence electrons. The van der Waals surface area contributed by atoms with Crippen molar-refractivity contribution < 1.29 is 14.6 Å². The third-order valence-corrected chi connectivity index (χ3v) is 3.54. The van der Waals surface area contributed by atoms with Gasteiger partial charge in [-0.2, -0.15) is 5.10 Å². The van der Waals surface area contributed by atoms with Gasteiger partial charge in [-0.15, -0.1) is 0 Å². The normalized spacial score (nSPS) is 20.4. The Bertz CT molecular complexity index is 402. The molecule has 0 amide bonds. The first-order valence-electron chi connectivity index (χ1n) is 5.54. The van der Waals surface area contributed by atoms with E-state index in [1.54, 1.807) is 11.7 Å². The molecule has 1 aliphatic heterocycles. The highest BCUT2D eigenvalue weighted by molar-refractivity contribution is 7.99. The number of hydrogen-bond acceptors (Lipinski definition) is 5. The summed E-state index contributed by atoms with van der Waals surface area (Å²) >= 11 is 1.17. The predicted molar refractivity (Wildman–Crippen MR) is 61.9 cm³/mol. The van der Waals surface area contributed by atoms with Crippen LogP contribution in [0.4, 0.5) is 0 Å². The molecule has 1 N–H and O–H groups in total. The van der Waals surface area contributed by atoms with Crippen LogP contribution in [0, 0.1) is 0 Å². The summed E-state index contributed by atoms with van der Waals surface area (Å²) in [7, 11) is 1.77. The molecule has 1 aliphatic rings. The lowest BCUT2D eigenvalue weighted by molar-refractivity contribution is -0.133. The van der Waals surface area contributed by atoms with Crippen LogP contribution in [0.3, 0.4) is 0 Å². The average Bonchev–Trinajstić information content (AvgIpc) is 2.69. The third kappa shape index (κ3) is 3.19. The van der Waals surface area contributed by atoms with Gasteiger partial charge in [-0.05, 0) is 19.3 Å². The average molecular weight is 257 g/mol. The number of ether oxygens (including phenoxy) is 1. The molecule has 17 heavy (non-hydrogen) atoms. The lowest BCUT2D eigenvalue weighted by Crippen LogP contribution is -2.13. The summed E-state index contributed by atoms with van der Waals surface area (Å²) in [5.74, 6) is -0.189. The second kappa shape index (κ2) is 5.50. The minimum Gasteiger partial charge on any atom is -0.481 e. The number of carboxylic acids is 1. The Morgan fingerprint density at radius 2 is 2.47 bits per heavy atom. The van der Waals surface area contributed by atoms with Crippen LogP contribution in [0.2, 0.25) is 0 Å². The van der Waals surface area contributed by atoms with Crippen LogP contribution >= 0.6 is 11.8 Å². The van der Waals surface area contributed by atoms with Crippen molar-refractivity contribution >= 4 is 17.7 Å². The maximum absolute atomic E-state index is 10.5. The zero-order chi connectivity index (χ0) is 12.3. The van der Waals surface area contributed by atoms with Gasteiger partial charge in [0.15, 0.2) is 11.0 Å². The largest absolute Gasteiger partial charge is 0.481 e. The van der Waals surface area contributed by atoms with Crippen molar-refractivity contribution in [3.8, 4) is 0 Å². The summed E-state index contributed by atoms with van der Waals surface area (Å²) < 4.78 is 7.21. The van der Waals surface area contributed by atoms with E-state index in [2.05, 4.69) is 10.1 Å². The summed E-state index contributed by atoms with van der Waals surface area (Å²) in [6.45, 7) is 0.751. The minimum absolute atomic E-state index is 0.00248. The van der Waals surface area contributed by atoms with Gasteiger partial charge in [0.2, 0.25) is 0 Å². The van der Waals surface area contributed by atoms with Gasteiger partial charge in [0.25, 0.3) is 0 Å². The van der Waals surface area contributed by atoms with E-state index in [0.29, 0.717) is 11.0 Å². The molecule has 7 heteroatoms. The number of hydrogen-bond donors (Lipinski definition) is 1. The van der Waals surface area contributed by atoms with Crippen LogP contribution < -0.4 is 0 Å². The number of carbonyl (C=O) groups is 1. The highest BCUT2D eigenvalue weighted by Crippen LogP contribution is 2.27. The predicted octanol–water partition coefficient (Wildman–Crippen LogP) is 1.23. The molecule has 6 nitrogen and oxygen atoms in total. The Morgan fingerprint density at radius 3 is 3.12 bits per heavy atom. The molecular weight excluding hydrogens is 242 g/mol. The fraction of sp³-hybridized carbons (Fsp3) is 0.700. The van der Waals surface area contributed by atoms with Gasteiger partial charge >= 0.3 is 5.97 Å². The molecule has 1 atom stereocenters. The van der Waals surface area contributed by atoms with Crippen LogP contribution in [0.5, 0.6) is 0 Å². The fourth-order valence-corrected chi connectivity index (χ4v) is 2.36. The lowest BCUT2D eigenvalue weighted by Gasteiger charge is -2.19. The molecule has 0 spiro atoms. The summed E-state index contributed by atoms with van der Waals surface area (Å²) in [4.78, 5) is 14.8. The topological polar surface area (TPSA) is 77.2 Å². The van der Waals surface area contributed by atoms with Gasteiger partial charge in [-0.1, -0.05) is 11.8 Å². The maximum Gasteiger partial charge on any atom is 0.313 e. The molecule has 0 bridgehead atoms. The molecular formula is C10H15N3O3S. The molecule has 1 saturated heterocycles. The van der Waals surface area contributed by atoms with Crippen LogP contribution in [-0.4, -0.2) is 38.2 Å². The Kier molecular flexibility index (Phi) is 4.01. The van der Waals surface area contributed by atoms with E-state index in [-0.39, 0.29) is 11.9 Å². The second-order valence-electron chi connectivity index (χ2n) is 3.91. The quantitative estimate of drug-likeness (QED) is 0.818. The molecule has 1 fully saturated rings. The SMILES string of the molecule is Cn1nc(C2CCCCO2)nc1SCC(=O)O. The molecule has 0 aromatic carbocycles. The van der Waals surface area contributed by atoms with Crippen LogP contribution in [0.15, 0.2) is 5.16 Å². The van der Waals surface area contributed by atoms with Crippen molar-refractivity contribution in [2.24, 2.45) is 7.05 Å². The highest BCUT2D eigenvalue weighted by Gasteiger charge is 2.21. The number of aryl methyl sites for hydroxylation is 1. The van der Waals surface area contributed by atoms with E-state index in [1.807, 2.05) is 0 Å². The fourth-order valence-electron chi connectivity index (χ4n) is 1.72. The second-order valence-corrected chi connectivity index (χ2v) is 4.86. The molecule has 2 rings (SSSR count). The van der Waals surface area contributed by atoms with E-state index in [4.69, 9.17) is 9.84 Å². The summed E-state index contributed by atoms with van der Waals surface area (Å²) in [5, 5.41) is 13.5. The Labute approximate surface area is 103 Å². The molecule has 2 heterocycles. The zero-order valence-corrected chi connectivity index (χ0v) is 10.4. The Balaban J connectivity index is 2.03. The number of nitrogens with zero attached hydrogens (tertiary/aromatic N) is 3. The van der Waals surface area contributed by atoms with Crippen molar-refractivity contribution in [2.75, 3.05) is 12.4 Å². The van der Waals surface area contributed by atoms with Gasteiger partial charge in [-0.25, -0.2) is 9.67 Å². The number of aliphatic carboxylic acids is 1. The van der Waals surface area contributed by atoms with Crippen LogP contribution in [0.25, 0.3) is 0 Å². The molecule has 1 aromatic rings. The molecule has 0 radical (unpaired) electrons. The Hall–Kier alpha value is -1.08. The van der Waals surface area contributed by atoms with Crippen molar-refractivity contribution in [1.29, 1.82) is 0 Å². The number of rotatable bonds is 4. The van der Waals surface area contributed by atoms with Gasteiger partial charge in [0, 0.05) is 13.7 Å². The van der Waals surface area contributed by atoms with Crippen molar-refractivity contribution in [1.82, 2.24) is 14.8 Å². The minimum atomic E-state index is -0.853. The summed E-state index contributed by atoms with van der Waals surface area (Å²) in [6, 6.07) is 0. The number of carboxylic acid groups (broad SMARTS) is 1. The van der Waals surface area contributed by atoms with E-state index < -0.39 is 5.97 Å². The lowest BCUT2D eigenvalue weighted by atomic mass is 10.1. The number of aromatic nitrogens is 3. The van der Waals surface area contributed by atoms with E-state index in [1.165, 1.54) is 11.8 Å². The van der Waals surface area contributed by atoms with Crippen molar-refractivity contribution in [3.63, 3.8) is 0 Å². The standard InChI is InChI=1S/C10H15N3O3S/c1-13-10(17-6-8(14)15)11-9(12-13)7-4-2-3-5-16-7/h7H,2-6H2,1H3,(H,14,15). The van der Waals surface area contributed by atoms with E-state index >= 15 is 0 Å². The summed E-state index contributed by atoms with van der Waals surface area (Å²) in [6.07, 6.45) is 3.12. The van der Waals surface area contributed by atoms with E-state index in [9.17, 15) is 4.79 Å². The van der Waals surface area contributed by atoms with Gasteiger partial charge in [0.1, 0.15) is 6.10 Å². The first-order valence-corrected chi connectivity index (χ1v) is 6.52. The third-order valence-electron chi connectivity index (χ3n) is 2.53. The van der Waals surface area contributed by atoms with Crippen LogP contribution in [-0.2, 0) is 16.6 Å². The number of thioether (sulfide) groups is 1.